The quantitative estimate of drug-likeness (QED) is 0.926. The van der Waals surface area contributed by atoms with E-state index in [-0.39, 0.29) is 6.03 Å². The Balaban J connectivity index is 1.50. The van der Waals surface area contributed by atoms with E-state index in [4.69, 9.17) is 0 Å². The topological polar surface area (TPSA) is 51.7 Å². The summed E-state index contributed by atoms with van der Waals surface area (Å²) in [6.07, 6.45) is 0. The van der Waals surface area contributed by atoms with Gasteiger partial charge in [-0.25, -0.2) is 9.78 Å². The van der Waals surface area contributed by atoms with Crippen molar-refractivity contribution in [1.82, 2.24) is 19.7 Å². The number of hydrogen-bond acceptors (Lipinski definition) is 5. The number of amides is 2. The van der Waals surface area contributed by atoms with E-state index in [9.17, 15) is 4.79 Å². The molecule has 7 heteroatoms. The molecule has 0 bridgehead atoms. The summed E-state index contributed by atoms with van der Waals surface area (Å²) >= 11 is 1.62. The SMILES string of the molecule is CN(C)C(=O)N1CCN(Cc2csc(Nc3ccccc3)n2)CC1. The molecular formula is C17H23N5OS. The Kier molecular flexibility index (Phi) is 5.32. The van der Waals surface area contributed by atoms with Crippen LogP contribution in [0.25, 0.3) is 0 Å². The average molecular weight is 345 g/mol. The van der Waals surface area contributed by atoms with E-state index in [2.05, 4.69) is 20.6 Å². The summed E-state index contributed by atoms with van der Waals surface area (Å²) in [5, 5.41) is 6.34. The van der Waals surface area contributed by atoms with Crippen LogP contribution in [0.5, 0.6) is 0 Å². The first kappa shape index (κ1) is 16.7. The molecule has 0 radical (unpaired) electrons. The minimum atomic E-state index is 0.0951. The van der Waals surface area contributed by atoms with Gasteiger partial charge in [0.15, 0.2) is 5.13 Å². The second-order valence-corrected chi connectivity index (χ2v) is 6.93. The number of urea groups is 1. The normalized spacial score (nSPS) is 15.3. The Labute approximate surface area is 146 Å². The number of anilines is 2. The van der Waals surface area contributed by atoms with E-state index in [0.717, 1.165) is 49.2 Å². The van der Waals surface area contributed by atoms with Crippen molar-refractivity contribution in [3.8, 4) is 0 Å². The number of para-hydroxylation sites is 1. The van der Waals surface area contributed by atoms with Gasteiger partial charge in [0, 0.05) is 57.9 Å². The summed E-state index contributed by atoms with van der Waals surface area (Å²) in [5.41, 5.74) is 2.13. The Bertz CT molecular complexity index is 665. The summed E-state index contributed by atoms with van der Waals surface area (Å²) < 4.78 is 0. The number of carbonyl (C=O) groups is 1. The molecule has 24 heavy (non-hydrogen) atoms. The fourth-order valence-corrected chi connectivity index (χ4v) is 3.41. The van der Waals surface area contributed by atoms with Gasteiger partial charge in [-0.2, -0.15) is 0 Å². The molecule has 1 aliphatic heterocycles. The maximum atomic E-state index is 12.0. The van der Waals surface area contributed by atoms with Crippen LogP contribution in [0.4, 0.5) is 15.6 Å². The molecule has 2 amide bonds. The lowest BCUT2D eigenvalue weighted by atomic mass is 10.3. The number of piperazine rings is 1. The van der Waals surface area contributed by atoms with Crippen molar-refractivity contribution < 1.29 is 4.79 Å². The van der Waals surface area contributed by atoms with E-state index in [1.54, 1.807) is 30.3 Å². The molecule has 0 unspecified atom stereocenters. The molecule has 1 saturated heterocycles. The lowest BCUT2D eigenvalue weighted by Crippen LogP contribution is -2.51. The summed E-state index contributed by atoms with van der Waals surface area (Å²) in [5.74, 6) is 0. The van der Waals surface area contributed by atoms with Crippen molar-refractivity contribution in [3.63, 3.8) is 0 Å². The lowest BCUT2D eigenvalue weighted by Gasteiger charge is -2.35. The van der Waals surface area contributed by atoms with Crippen LogP contribution in [0.1, 0.15) is 5.69 Å². The zero-order valence-corrected chi connectivity index (χ0v) is 14.9. The number of rotatable bonds is 4. The zero-order valence-electron chi connectivity index (χ0n) is 14.1. The van der Waals surface area contributed by atoms with E-state index < -0.39 is 0 Å². The van der Waals surface area contributed by atoms with E-state index in [1.807, 2.05) is 35.2 Å². The first-order valence-electron chi connectivity index (χ1n) is 8.07. The zero-order chi connectivity index (χ0) is 16.9. The van der Waals surface area contributed by atoms with Gasteiger partial charge in [0.25, 0.3) is 0 Å². The smallest absolute Gasteiger partial charge is 0.319 e. The summed E-state index contributed by atoms with van der Waals surface area (Å²) in [4.78, 5) is 22.5. The molecule has 0 aliphatic carbocycles. The van der Waals surface area contributed by atoms with Gasteiger partial charge in [0.05, 0.1) is 5.69 Å². The molecule has 1 fully saturated rings. The first-order valence-corrected chi connectivity index (χ1v) is 8.95. The Hall–Kier alpha value is -2.12. The number of hydrogen-bond donors (Lipinski definition) is 1. The summed E-state index contributed by atoms with van der Waals surface area (Å²) in [6.45, 7) is 4.15. The van der Waals surface area contributed by atoms with Crippen LogP contribution in [-0.4, -0.2) is 66.0 Å². The predicted molar refractivity (Wildman–Crippen MR) is 97.8 cm³/mol. The molecule has 0 spiro atoms. The Morgan fingerprint density at radius 2 is 1.92 bits per heavy atom. The Morgan fingerprint density at radius 3 is 2.58 bits per heavy atom. The summed E-state index contributed by atoms with van der Waals surface area (Å²) in [6, 6.07) is 10.2. The predicted octanol–water partition coefficient (Wildman–Crippen LogP) is 2.69. The second kappa shape index (κ2) is 7.63. The highest BCUT2D eigenvalue weighted by atomic mass is 32.1. The average Bonchev–Trinajstić information content (AvgIpc) is 3.02. The molecule has 1 N–H and O–H groups in total. The van der Waals surface area contributed by atoms with Crippen LogP contribution in [0, 0.1) is 0 Å². The molecule has 0 atom stereocenters. The van der Waals surface area contributed by atoms with Gasteiger partial charge < -0.3 is 15.1 Å². The standard InChI is InChI=1S/C17H23N5OS/c1-20(2)17(23)22-10-8-21(9-11-22)12-15-13-24-16(19-15)18-14-6-4-3-5-7-14/h3-7,13H,8-12H2,1-2H3,(H,18,19). The van der Waals surface area contributed by atoms with Crippen molar-refractivity contribution in [2.45, 2.75) is 6.54 Å². The first-order chi connectivity index (χ1) is 11.6. The minimum absolute atomic E-state index is 0.0951. The molecule has 2 aromatic rings. The van der Waals surface area contributed by atoms with Gasteiger partial charge in [0.2, 0.25) is 0 Å². The van der Waals surface area contributed by atoms with Gasteiger partial charge >= 0.3 is 6.03 Å². The van der Waals surface area contributed by atoms with Crippen LogP contribution >= 0.6 is 11.3 Å². The molecular weight excluding hydrogens is 322 g/mol. The highest BCUT2D eigenvalue weighted by Gasteiger charge is 2.22. The molecule has 1 aromatic heterocycles. The maximum Gasteiger partial charge on any atom is 0.319 e. The number of thiazole rings is 1. The fraction of sp³-hybridized carbons (Fsp3) is 0.412. The largest absolute Gasteiger partial charge is 0.332 e. The van der Waals surface area contributed by atoms with Crippen LogP contribution in [0.3, 0.4) is 0 Å². The number of nitrogens with zero attached hydrogens (tertiary/aromatic N) is 4. The number of aromatic nitrogens is 1. The monoisotopic (exact) mass is 345 g/mol. The number of nitrogens with one attached hydrogen (secondary N) is 1. The highest BCUT2D eigenvalue weighted by molar-refractivity contribution is 7.13. The van der Waals surface area contributed by atoms with Gasteiger partial charge in [0.1, 0.15) is 0 Å². The van der Waals surface area contributed by atoms with E-state index >= 15 is 0 Å². The molecule has 2 heterocycles. The third kappa shape index (κ3) is 4.24. The third-order valence-corrected chi connectivity index (χ3v) is 4.79. The molecule has 128 valence electrons. The van der Waals surface area contributed by atoms with E-state index in [1.165, 1.54) is 0 Å². The van der Waals surface area contributed by atoms with Crippen molar-refractivity contribution in [1.29, 1.82) is 0 Å². The number of carbonyl (C=O) groups excluding carboxylic acids is 1. The molecule has 1 aliphatic rings. The van der Waals surface area contributed by atoms with E-state index in [0.29, 0.717) is 0 Å². The minimum Gasteiger partial charge on any atom is -0.332 e. The van der Waals surface area contributed by atoms with Crippen LogP contribution in [0.2, 0.25) is 0 Å². The van der Waals surface area contributed by atoms with Gasteiger partial charge in [-0.05, 0) is 12.1 Å². The van der Waals surface area contributed by atoms with Crippen molar-refractivity contribution in [2.75, 3.05) is 45.6 Å². The van der Waals surface area contributed by atoms with Crippen LogP contribution in [-0.2, 0) is 6.54 Å². The fourth-order valence-electron chi connectivity index (χ4n) is 2.69. The highest BCUT2D eigenvalue weighted by Crippen LogP contribution is 2.21. The molecule has 6 nitrogen and oxygen atoms in total. The van der Waals surface area contributed by atoms with Crippen LogP contribution in [0.15, 0.2) is 35.7 Å². The Morgan fingerprint density at radius 1 is 1.21 bits per heavy atom. The van der Waals surface area contributed by atoms with Gasteiger partial charge in [-0.3, -0.25) is 4.90 Å². The summed E-state index contributed by atoms with van der Waals surface area (Å²) in [7, 11) is 3.59. The lowest BCUT2D eigenvalue weighted by molar-refractivity contribution is 0.119. The van der Waals surface area contributed by atoms with Crippen molar-refractivity contribution in [2.24, 2.45) is 0 Å². The van der Waals surface area contributed by atoms with Crippen molar-refractivity contribution in [3.05, 3.63) is 41.4 Å². The van der Waals surface area contributed by atoms with Gasteiger partial charge in [-0.15, -0.1) is 11.3 Å². The third-order valence-electron chi connectivity index (χ3n) is 3.99. The maximum absolute atomic E-state index is 12.0. The van der Waals surface area contributed by atoms with Gasteiger partial charge in [-0.1, -0.05) is 18.2 Å². The number of benzene rings is 1. The van der Waals surface area contributed by atoms with Crippen molar-refractivity contribution >= 4 is 28.2 Å². The van der Waals surface area contributed by atoms with Crippen LogP contribution < -0.4 is 5.32 Å². The molecule has 1 aromatic carbocycles. The molecule has 3 rings (SSSR count). The second-order valence-electron chi connectivity index (χ2n) is 6.08. The molecule has 0 saturated carbocycles.